The molecule has 3 aromatic rings. The van der Waals surface area contributed by atoms with E-state index in [0.29, 0.717) is 28.0 Å². The normalized spacial score (nSPS) is 11.1. The van der Waals surface area contributed by atoms with Gasteiger partial charge in [0.1, 0.15) is 5.82 Å². The Morgan fingerprint density at radius 2 is 1.91 bits per heavy atom. The van der Waals surface area contributed by atoms with Crippen molar-refractivity contribution in [1.29, 1.82) is 0 Å². The van der Waals surface area contributed by atoms with Crippen LogP contribution in [-0.4, -0.2) is 25.0 Å². The molecule has 6 nitrogen and oxygen atoms in total. The van der Waals surface area contributed by atoms with E-state index in [1.54, 1.807) is 18.2 Å². The third-order valence-electron chi connectivity index (χ3n) is 3.77. The summed E-state index contributed by atoms with van der Waals surface area (Å²) >= 11 is 12.1. The van der Waals surface area contributed by atoms with E-state index in [1.165, 1.54) is 4.57 Å². The minimum Gasteiger partial charge on any atom is -0.282 e. The average Bonchev–Trinajstić information content (AvgIpc) is 3.01. The lowest BCUT2D eigenvalue weighted by atomic mass is 10.1. The second kappa shape index (κ2) is 6.22. The minimum absolute atomic E-state index is 0.329. The van der Waals surface area contributed by atoms with Crippen LogP contribution in [0.15, 0.2) is 23.0 Å². The molecule has 0 fully saturated rings. The van der Waals surface area contributed by atoms with Crippen molar-refractivity contribution in [2.45, 2.75) is 26.7 Å². The van der Waals surface area contributed by atoms with Gasteiger partial charge in [0, 0.05) is 17.1 Å². The highest BCUT2D eigenvalue weighted by atomic mass is 35.5. The van der Waals surface area contributed by atoms with Gasteiger partial charge in [-0.25, -0.2) is 14.5 Å². The van der Waals surface area contributed by atoms with Crippen LogP contribution < -0.4 is 5.69 Å². The Morgan fingerprint density at radius 3 is 2.57 bits per heavy atom. The maximum atomic E-state index is 12.1. The fourth-order valence-electron chi connectivity index (χ4n) is 2.59. The zero-order valence-electron chi connectivity index (χ0n) is 12.7. The summed E-state index contributed by atoms with van der Waals surface area (Å²) in [5.41, 5.74) is 3.34. The largest absolute Gasteiger partial charge is 0.347 e. The van der Waals surface area contributed by atoms with Crippen LogP contribution in [-0.2, 0) is 12.8 Å². The molecule has 8 heteroatoms. The van der Waals surface area contributed by atoms with E-state index in [4.69, 9.17) is 23.2 Å². The zero-order chi connectivity index (χ0) is 16.6. The van der Waals surface area contributed by atoms with E-state index < -0.39 is 0 Å². The molecule has 0 aliphatic carbocycles. The first-order valence-electron chi connectivity index (χ1n) is 7.09. The van der Waals surface area contributed by atoms with E-state index in [0.717, 1.165) is 23.4 Å². The SMILES string of the molecule is Cc1n[nH]c(C)c1CCc1n[nH]c(=O)n1-c1ccc(Cl)cc1Cl. The monoisotopic (exact) mass is 351 g/mol. The number of nitrogens with zero attached hydrogens (tertiary/aromatic N) is 3. The molecule has 0 saturated carbocycles. The van der Waals surface area contributed by atoms with E-state index in [2.05, 4.69) is 20.4 Å². The van der Waals surface area contributed by atoms with Crippen molar-refractivity contribution in [3.8, 4) is 5.69 Å². The molecule has 2 aromatic heterocycles. The van der Waals surface area contributed by atoms with Crippen LogP contribution >= 0.6 is 23.2 Å². The Morgan fingerprint density at radius 1 is 1.13 bits per heavy atom. The molecular weight excluding hydrogens is 337 g/mol. The van der Waals surface area contributed by atoms with Crippen molar-refractivity contribution in [2.75, 3.05) is 0 Å². The predicted octanol–water partition coefficient (Wildman–Crippen LogP) is 2.99. The van der Waals surface area contributed by atoms with Crippen molar-refractivity contribution in [3.05, 3.63) is 61.5 Å². The maximum Gasteiger partial charge on any atom is 0.347 e. The summed E-state index contributed by atoms with van der Waals surface area (Å²) in [4.78, 5) is 12.1. The first-order valence-corrected chi connectivity index (χ1v) is 7.85. The van der Waals surface area contributed by atoms with Crippen LogP contribution in [0.3, 0.4) is 0 Å². The Hall–Kier alpha value is -2.05. The molecule has 23 heavy (non-hydrogen) atoms. The van der Waals surface area contributed by atoms with E-state index in [-0.39, 0.29) is 5.69 Å². The van der Waals surface area contributed by atoms with E-state index in [9.17, 15) is 4.79 Å². The smallest absolute Gasteiger partial charge is 0.282 e. The number of halogens is 2. The lowest BCUT2D eigenvalue weighted by molar-refractivity contribution is 0.810. The molecule has 0 saturated heterocycles. The molecule has 0 aliphatic rings. The number of benzene rings is 1. The lowest BCUT2D eigenvalue weighted by Crippen LogP contribution is -2.17. The van der Waals surface area contributed by atoms with Gasteiger partial charge in [-0.05, 0) is 44.0 Å². The summed E-state index contributed by atoms with van der Waals surface area (Å²) in [6.45, 7) is 3.93. The molecule has 0 amide bonds. The Bertz CT molecular complexity index is 889. The molecule has 120 valence electrons. The van der Waals surface area contributed by atoms with Crippen molar-refractivity contribution < 1.29 is 0 Å². The molecular formula is C15H15Cl2N5O. The van der Waals surface area contributed by atoms with Gasteiger partial charge in [0.15, 0.2) is 0 Å². The summed E-state index contributed by atoms with van der Waals surface area (Å²) < 4.78 is 1.48. The van der Waals surface area contributed by atoms with Crippen molar-refractivity contribution in [1.82, 2.24) is 25.0 Å². The molecule has 2 N–H and O–H groups in total. The number of nitrogens with one attached hydrogen (secondary N) is 2. The topological polar surface area (TPSA) is 79.4 Å². The number of aromatic amines is 2. The zero-order valence-corrected chi connectivity index (χ0v) is 14.2. The quantitative estimate of drug-likeness (QED) is 0.758. The van der Waals surface area contributed by atoms with Gasteiger partial charge in [-0.2, -0.15) is 10.2 Å². The first-order chi connectivity index (χ1) is 11.0. The highest BCUT2D eigenvalue weighted by Gasteiger charge is 2.15. The molecule has 0 atom stereocenters. The van der Waals surface area contributed by atoms with Gasteiger partial charge >= 0.3 is 5.69 Å². The Balaban J connectivity index is 1.95. The molecule has 0 spiro atoms. The Labute approximate surface area is 142 Å². The lowest BCUT2D eigenvalue weighted by Gasteiger charge is -2.08. The fraction of sp³-hybridized carbons (Fsp3) is 0.267. The first kappa shape index (κ1) is 15.8. The van der Waals surface area contributed by atoms with Gasteiger partial charge in [-0.1, -0.05) is 23.2 Å². The van der Waals surface area contributed by atoms with Crippen molar-refractivity contribution >= 4 is 23.2 Å². The number of rotatable bonds is 4. The second-order valence-electron chi connectivity index (χ2n) is 5.29. The molecule has 2 heterocycles. The highest BCUT2D eigenvalue weighted by molar-refractivity contribution is 6.35. The molecule has 3 rings (SSSR count). The number of H-pyrrole nitrogens is 2. The molecule has 0 aliphatic heterocycles. The summed E-state index contributed by atoms with van der Waals surface area (Å²) in [6.07, 6.45) is 1.31. The van der Waals surface area contributed by atoms with Crippen LogP contribution in [0.5, 0.6) is 0 Å². The molecule has 1 aromatic carbocycles. The second-order valence-corrected chi connectivity index (χ2v) is 6.13. The summed E-state index contributed by atoms with van der Waals surface area (Å²) in [7, 11) is 0. The van der Waals surface area contributed by atoms with Crippen LogP contribution in [0.1, 0.15) is 22.8 Å². The summed E-state index contributed by atoms with van der Waals surface area (Å²) in [6, 6.07) is 5.00. The summed E-state index contributed by atoms with van der Waals surface area (Å²) in [5, 5.41) is 14.7. The molecule has 0 radical (unpaired) electrons. The van der Waals surface area contributed by atoms with E-state index >= 15 is 0 Å². The average molecular weight is 352 g/mol. The standard InChI is InChI=1S/C15H15Cl2N5O/c1-8-11(9(2)19-18-8)4-6-14-20-21-15(23)22(14)13-5-3-10(16)7-12(13)17/h3,5,7H,4,6H2,1-2H3,(H,18,19)(H,21,23). The van der Waals surface area contributed by atoms with Gasteiger partial charge in [0.25, 0.3) is 0 Å². The van der Waals surface area contributed by atoms with Crippen LogP contribution in [0.4, 0.5) is 0 Å². The van der Waals surface area contributed by atoms with Gasteiger partial charge in [0.05, 0.1) is 16.4 Å². The number of aryl methyl sites for hydroxylation is 3. The van der Waals surface area contributed by atoms with Crippen molar-refractivity contribution in [2.24, 2.45) is 0 Å². The Kier molecular flexibility index (Phi) is 4.28. The summed E-state index contributed by atoms with van der Waals surface area (Å²) in [5.74, 6) is 0.610. The van der Waals surface area contributed by atoms with Gasteiger partial charge < -0.3 is 0 Å². The molecule has 0 unspecified atom stereocenters. The molecule has 0 bridgehead atoms. The number of hydrogen-bond acceptors (Lipinski definition) is 3. The van der Waals surface area contributed by atoms with Crippen LogP contribution in [0.25, 0.3) is 5.69 Å². The van der Waals surface area contributed by atoms with Crippen LogP contribution in [0.2, 0.25) is 10.0 Å². The number of aromatic nitrogens is 5. The van der Waals surface area contributed by atoms with Gasteiger partial charge in [0.2, 0.25) is 0 Å². The third kappa shape index (κ3) is 3.04. The third-order valence-corrected chi connectivity index (χ3v) is 4.31. The maximum absolute atomic E-state index is 12.1. The number of hydrogen-bond donors (Lipinski definition) is 2. The van der Waals surface area contributed by atoms with Crippen molar-refractivity contribution in [3.63, 3.8) is 0 Å². The van der Waals surface area contributed by atoms with Gasteiger partial charge in [-0.3, -0.25) is 5.10 Å². The fourth-order valence-corrected chi connectivity index (χ4v) is 3.08. The predicted molar refractivity (Wildman–Crippen MR) is 89.7 cm³/mol. The van der Waals surface area contributed by atoms with Gasteiger partial charge in [-0.15, -0.1) is 0 Å². The van der Waals surface area contributed by atoms with Crippen LogP contribution in [0, 0.1) is 13.8 Å². The highest BCUT2D eigenvalue weighted by Crippen LogP contribution is 2.24. The van der Waals surface area contributed by atoms with E-state index in [1.807, 2.05) is 13.8 Å². The minimum atomic E-state index is -0.329.